The van der Waals surface area contributed by atoms with Crippen molar-refractivity contribution in [1.82, 2.24) is 10.2 Å². The molecule has 1 heterocycles. The minimum Gasteiger partial charge on any atom is -0.494 e. The summed E-state index contributed by atoms with van der Waals surface area (Å²) in [5.41, 5.74) is 0.460. The quantitative estimate of drug-likeness (QED) is 0.861. The Labute approximate surface area is 106 Å². The van der Waals surface area contributed by atoms with E-state index in [0.717, 1.165) is 13.1 Å². The Hall–Kier alpha value is -1.62. The van der Waals surface area contributed by atoms with Crippen LogP contribution in [-0.4, -0.2) is 43.6 Å². The number of nitrogens with one attached hydrogen (secondary N) is 1. The van der Waals surface area contributed by atoms with E-state index in [1.807, 2.05) is 6.92 Å². The van der Waals surface area contributed by atoms with Gasteiger partial charge in [0.25, 0.3) is 5.91 Å². The van der Waals surface area contributed by atoms with E-state index < -0.39 is 5.82 Å². The minimum absolute atomic E-state index is 0.0812. The van der Waals surface area contributed by atoms with Crippen LogP contribution in [0.1, 0.15) is 17.3 Å². The molecule has 18 heavy (non-hydrogen) atoms. The number of hydrogen-bond donors (Lipinski definition) is 1. The van der Waals surface area contributed by atoms with Gasteiger partial charge in [0.1, 0.15) is 0 Å². The van der Waals surface area contributed by atoms with Crippen LogP contribution in [0.15, 0.2) is 18.2 Å². The van der Waals surface area contributed by atoms with Crippen LogP contribution in [0.3, 0.4) is 0 Å². The zero-order chi connectivity index (χ0) is 13.1. The van der Waals surface area contributed by atoms with E-state index in [0.29, 0.717) is 12.1 Å². The molecule has 0 spiro atoms. The fraction of sp³-hybridized carbons (Fsp3) is 0.462. The standard InChI is InChI=1S/C13H17FN2O2/c1-9-8-15-5-6-16(9)13(17)10-3-4-11(14)12(7-10)18-2/h3-4,7,9,15H,5-6,8H2,1-2H3. The van der Waals surface area contributed by atoms with Gasteiger partial charge in [0, 0.05) is 31.2 Å². The number of rotatable bonds is 2. The van der Waals surface area contributed by atoms with Gasteiger partial charge in [0.05, 0.1) is 7.11 Å². The topological polar surface area (TPSA) is 41.6 Å². The van der Waals surface area contributed by atoms with Gasteiger partial charge in [-0.05, 0) is 25.1 Å². The largest absolute Gasteiger partial charge is 0.494 e. The van der Waals surface area contributed by atoms with Gasteiger partial charge in [0.15, 0.2) is 11.6 Å². The molecule has 1 atom stereocenters. The highest BCUT2D eigenvalue weighted by atomic mass is 19.1. The molecule has 0 radical (unpaired) electrons. The number of methoxy groups -OCH3 is 1. The molecular weight excluding hydrogens is 235 g/mol. The summed E-state index contributed by atoms with van der Waals surface area (Å²) in [6.45, 7) is 4.23. The molecule has 1 aliphatic rings. The Morgan fingerprint density at radius 2 is 2.33 bits per heavy atom. The number of carbonyl (C=O) groups excluding carboxylic acids is 1. The first-order valence-corrected chi connectivity index (χ1v) is 5.98. The molecule has 1 aliphatic heterocycles. The van der Waals surface area contributed by atoms with Gasteiger partial charge in [0.2, 0.25) is 0 Å². The van der Waals surface area contributed by atoms with Gasteiger partial charge < -0.3 is 15.0 Å². The molecule has 0 saturated carbocycles. The van der Waals surface area contributed by atoms with Crippen molar-refractivity contribution in [3.05, 3.63) is 29.6 Å². The van der Waals surface area contributed by atoms with Gasteiger partial charge in [-0.3, -0.25) is 4.79 Å². The van der Waals surface area contributed by atoms with Crippen molar-refractivity contribution >= 4 is 5.91 Å². The number of benzene rings is 1. The Morgan fingerprint density at radius 3 is 3.00 bits per heavy atom. The fourth-order valence-corrected chi connectivity index (χ4v) is 2.10. The van der Waals surface area contributed by atoms with Crippen molar-refractivity contribution in [2.45, 2.75) is 13.0 Å². The van der Waals surface area contributed by atoms with Crippen molar-refractivity contribution in [3.8, 4) is 5.75 Å². The maximum atomic E-state index is 13.3. The molecular formula is C13H17FN2O2. The molecule has 1 saturated heterocycles. The normalized spacial score (nSPS) is 19.7. The minimum atomic E-state index is -0.456. The average molecular weight is 252 g/mol. The Bertz CT molecular complexity index is 451. The summed E-state index contributed by atoms with van der Waals surface area (Å²) in [5.74, 6) is -0.437. The lowest BCUT2D eigenvalue weighted by molar-refractivity contribution is 0.0655. The van der Waals surface area contributed by atoms with Crippen LogP contribution < -0.4 is 10.1 Å². The van der Waals surface area contributed by atoms with Crippen molar-refractivity contribution in [2.24, 2.45) is 0 Å². The molecule has 1 N–H and O–H groups in total. The van der Waals surface area contributed by atoms with E-state index in [1.54, 1.807) is 4.90 Å². The van der Waals surface area contributed by atoms with Crippen molar-refractivity contribution in [3.63, 3.8) is 0 Å². The summed E-state index contributed by atoms with van der Waals surface area (Å²) in [6, 6.07) is 4.35. The Balaban J connectivity index is 2.22. The van der Waals surface area contributed by atoms with Crippen LogP contribution in [0.2, 0.25) is 0 Å². The molecule has 1 unspecified atom stereocenters. The zero-order valence-corrected chi connectivity index (χ0v) is 10.6. The second-order valence-corrected chi connectivity index (χ2v) is 4.40. The van der Waals surface area contributed by atoms with Crippen molar-refractivity contribution in [2.75, 3.05) is 26.7 Å². The van der Waals surface area contributed by atoms with Crippen LogP contribution in [-0.2, 0) is 0 Å². The maximum Gasteiger partial charge on any atom is 0.254 e. The summed E-state index contributed by atoms with van der Waals surface area (Å²) in [6.07, 6.45) is 0. The lowest BCUT2D eigenvalue weighted by Gasteiger charge is -2.34. The van der Waals surface area contributed by atoms with Gasteiger partial charge in [-0.2, -0.15) is 0 Å². The van der Waals surface area contributed by atoms with Crippen molar-refractivity contribution in [1.29, 1.82) is 0 Å². The summed E-state index contributed by atoms with van der Waals surface area (Å²) in [4.78, 5) is 14.1. The van der Waals surface area contributed by atoms with Crippen LogP contribution >= 0.6 is 0 Å². The highest BCUT2D eigenvalue weighted by Crippen LogP contribution is 2.20. The summed E-state index contributed by atoms with van der Waals surface area (Å²) >= 11 is 0. The second-order valence-electron chi connectivity index (χ2n) is 4.40. The molecule has 1 amide bonds. The SMILES string of the molecule is COc1cc(C(=O)N2CCNCC2C)ccc1F. The first kappa shape index (κ1) is 12.8. The summed E-state index contributed by atoms with van der Waals surface area (Å²) in [5, 5.41) is 3.22. The van der Waals surface area contributed by atoms with E-state index in [9.17, 15) is 9.18 Å². The number of nitrogens with zero attached hydrogens (tertiary/aromatic N) is 1. The Morgan fingerprint density at radius 1 is 1.56 bits per heavy atom. The molecule has 1 aromatic carbocycles. The molecule has 5 heteroatoms. The zero-order valence-electron chi connectivity index (χ0n) is 10.6. The summed E-state index contributed by atoms with van der Waals surface area (Å²) in [7, 11) is 1.39. The number of halogens is 1. The summed E-state index contributed by atoms with van der Waals surface area (Å²) < 4.78 is 18.2. The third-order valence-corrected chi connectivity index (χ3v) is 3.16. The van der Waals surface area contributed by atoms with E-state index in [4.69, 9.17) is 4.74 Å². The van der Waals surface area contributed by atoms with Crippen LogP contribution in [0, 0.1) is 5.82 Å². The first-order valence-electron chi connectivity index (χ1n) is 5.98. The lowest BCUT2D eigenvalue weighted by atomic mass is 10.1. The number of amides is 1. The van der Waals surface area contributed by atoms with Crippen LogP contribution in [0.4, 0.5) is 4.39 Å². The van der Waals surface area contributed by atoms with Gasteiger partial charge in [-0.25, -0.2) is 4.39 Å². The smallest absolute Gasteiger partial charge is 0.254 e. The van der Waals surface area contributed by atoms with E-state index in [1.165, 1.54) is 25.3 Å². The van der Waals surface area contributed by atoms with Crippen LogP contribution in [0.25, 0.3) is 0 Å². The van der Waals surface area contributed by atoms with Gasteiger partial charge >= 0.3 is 0 Å². The van der Waals surface area contributed by atoms with E-state index in [2.05, 4.69) is 5.32 Å². The number of hydrogen-bond acceptors (Lipinski definition) is 3. The molecule has 0 aliphatic carbocycles. The van der Waals surface area contributed by atoms with Gasteiger partial charge in [-0.1, -0.05) is 0 Å². The Kier molecular flexibility index (Phi) is 3.81. The molecule has 2 rings (SSSR count). The predicted octanol–water partition coefficient (Wildman–Crippen LogP) is 1.27. The molecule has 98 valence electrons. The third-order valence-electron chi connectivity index (χ3n) is 3.16. The van der Waals surface area contributed by atoms with Gasteiger partial charge in [-0.15, -0.1) is 0 Å². The molecule has 4 nitrogen and oxygen atoms in total. The molecule has 0 bridgehead atoms. The molecule has 0 aromatic heterocycles. The number of carbonyl (C=O) groups is 1. The molecule has 1 fully saturated rings. The maximum absolute atomic E-state index is 13.3. The lowest BCUT2D eigenvalue weighted by Crippen LogP contribution is -2.52. The van der Waals surface area contributed by atoms with E-state index in [-0.39, 0.29) is 17.7 Å². The average Bonchev–Trinajstić information content (AvgIpc) is 2.39. The second kappa shape index (κ2) is 5.35. The van der Waals surface area contributed by atoms with Crippen LogP contribution in [0.5, 0.6) is 5.75 Å². The highest BCUT2D eigenvalue weighted by molar-refractivity contribution is 5.95. The van der Waals surface area contributed by atoms with E-state index >= 15 is 0 Å². The first-order chi connectivity index (χ1) is 8.63. The monoisotopic (exact) mass is 252 g/mol. The number of piperazine rings is 1. The number of ether oxygens (including phenoxy) is 1. The predicted molar refractivity (Wildman–Crippen MR) is 66.3 cm³/mol. The fourth-order valence-electron chi connectivity index (χ4n) is 2.10. The molecule has 1 aromatic rings. The van der Waals surface area contributed by atoms with Crippen molar-refractivity contribution < 1.29 is 13.9 Å². The third kappa shape index (κ3) is 2.46. The highest BCUT2D eigenvalue weighted by Gasteiger charge is 2.24.